The summed E-state index contributed by atoms with van der Waals surface area (Å²) in [6, 6.07) is 8.69. The van der Waals surface area contributed by atoms with Crippen LogP contribution in [0.1, 0.15) is 43.7 Å². The number of methoxy groups -OCH3 is 1. The van der Waals surface area contributed by atoms with Gasteiger partial charge in [-0.05, 0) is 62.9 Å². The van der Waals surface area contributed by atoms with Gasteiger partial charge in [-0.15, -0.1) is 0 Å². The molecule has 3 N–H and O–H groups in total. The Balaban J connectivity index is 1.66. The number of piperidine rings is 1. The number of rotatable bonds is 5. The summed E-state index contributed by atoms with van der Waals surface area (Å²) >= 11 is 0. The summed E-state index contributed by atoms with van der Waals surface area (Å²) in [6.45, 7) is 1.82. The lowest BCUT2D eigenvalue weighted by Crippen LogP contribution is -2.44. The van der Waals surface area contributed by atoms with Gasteiger partial charge >= 0.3 is 0 Å². The molecule has 1 saturated heterocycles. The van der Waals surface area contributed by atoms with E-state index in [1.54, 1.807) is 7.11 Å². The molecule has 138 valence electrons. The van der Waals surface area contributed by atoms with Crippen LogP contribution >= 0.6 is 0 Å². The minimum absolute atomic E-state index is 0.000701. The van der Waals surface area contributed by atoms with Crippen molar-refractivity contribution < 1.29 is 9.53 Å². The van der Waals surface area contributed by atoms with E-state index in [1.807, 2.05) is 12.1 Å². The average molecular weight is 345 g/mol. The lowest BCUT2D eigenvalue weighted by molar-refractivity contribution is -0.125. The summed E-state index contributed by atoms with van der Waals surface area (Å²) in [5.41, 5.74) is 7.37. The number of carbonyl (C=O) groups excluding carboxylic acids is 1. The number of nitrogens with two attached hydrogens (primary N) is 1. The quantitative estimate of drug-likeness (QED) is 0.859. The molecule has 0 radical (unpaired) electrons. The lowest BCUT2D eigenvalue weighted by atomic mass is 9.84. The predicted octanol–water partition coefficient (Wildman–Crippen LogP) is 2.32. The monoisotopic (exact) mass is 345 g/mol. The number of nitrogens with one attached hydrogen (secondary N) is 1. The highest BCUT2D eigenvalue weighted by Crippen LogP contribution is 2.35. The first-order chi connectivity index (χ1) is 12.1. The van der Waals surface area contributed by atoms with E-state index in [-0.39, 0.29) is 17.9 Å². The topological polar surface area (TPSA) is 67.6 Å². The molecule has 4 atom stereocenters. The molecule has 1 aliphatic heterocycles. The number of carbonyl (C=O) groups is 1. The van der Waals surface area contributed by atoms with Gasteiger partial charge in [0.2, 0.25) is 5.91 Å². The van der Waals surface area contributed by atoms with Crippen LogP contribution in [-0.4, -0.2) is 44.1 Å². The second kappa shape index (κ2) is 8.19. The van der Waals surface area contributed by atoms with Crippen molar-refractivity contribution in [3.63, 3.8) is 0 Å². The van der Waals surface area contributed by atoms with E-state index in [0.29, 0.717) is 12.0 Å². The van der Waals surface area contributed by atoms with Crippen LogP contribution in [-0.2, 0) is 4.79 Å². The van der Waals surface area contributed by atoms with E-state index >= 15 is 0 Å². The molecule has 0 aromatic heterocycles. The number of ether oxygens (including phenoxy) is 1. The van der Waals surface area contributed by atoms with Gasteiger partial charge in [0.05, 0.1) is 13.0 Å². The van der Waals surface area contributed by atoms with E-state index in [1.165, 1.54) is 12.0 Å². The Labute approximate surface area is 150 Å². The van der Waals surface area contributed by atoms with Gasteiger partial charge in [0.15, 0.2) is 0 Å². The highest BCUT2D eigenvalue weighted by Gasteiger charge is 2.33. The van der Waals surface area contributed by atoms with E-state index in [2.05, 4.69) is 29.4 Å². The van der Waals surface area contributed by atoms with Crippen LogP contribution in [0.3, 0.4) is 0 Å². The molecule has 5 nitrogen and oxygen atoms in total. The normalized spacial score (nSPS) is 30.2. The van der Waals surface area contributed by atoms with Crippen molar-refractivity contribution in [2.75, 3.05) is 27.2 Å². The van der Waals surface area contributed by atoms with Gasteiger partial charge in [-0.2, -0.15) is 0 Å². The van der Waals surface area contributed by atoms with Crippen molar-refractivity contribution in [2.45, 2.75) is 44.2 Å². The van der Waals surface area contributed by atoms with Crippen LogP contribution < -0.4 is 15.8 Å². The third-order valence-electron chi connectivity index (χ3n) is 5.91. The minimum Gasteiger partial charge on any atom is -0.497 e. The van der Waals surface area contributed by atoms with Crippen molar-refractivity contribution in [1.29, 1.82) is 0 Å². The molecule has 1 aliphatic carbocycles. The molecule has 1 saturated carbocycles. The van der Waals surface area contributed by atoms with Crippen molar-refractivity contribution in [2.24, 2.45) is 17.6 Å². The fourth-order valence-electron chi connectivity index (χ4n) is 4.48. The summed E-state index contributed by atoms with van der Waals surface area (Å²) in [6.07, 6.45) is 5.28. The Hall–Kier alpha value is -1.59. The summed E-state index contributed by atoms with van der Waals surface area (Å²) in [7, 11) is 3.86. The van der Waals surface area contributed by atoms with Gasteiger partial charge in [0, 0.05) is 18.6 Å². The minimum atomic E-state index is 0.000701. The molecule has 5 heteroatoms. The smallest absolute Gasteiger partial charge is 0.224 e. The SMILES string of the molecule is COc1ccc(C2C(CNC(=O)C3CCCC3N)CCCN2C)cc1. The largest absolute Gasteiger partial charge is 0.497 e. The van der Waals surface area contributed by atoms with Gasteiger partial charge in [0.25, 0.3) is 0 Å². The van der Waals surface area contributed by atoms with Crippen LogP contribution in [0.4, 0.5) is 0 Å². The van der Waals surface area contributed by atoms with E-state index in [9.17, 15) is 4.79 Å². The Bertz CT molecular complexity index is 575. The molecule has 1 heterocycles. The number of amides is 1. The van der Waals surface area contributed by atoms with Crippen LogP contribution in [0.15, 0.2) is 24.3 Å². The van der Waals surface area contributed by atoms with Crippen molar-refractivity contribution in [3.05, 3.63) is 29.8 Å². The van der Waals surface area contributed by atoms with Crippen LogP contribution in [0.5, 0.6) is 5.75 Å². The van der Waals surface area contributed by atoms with Gasteiger partial charge in [0.1, 0.15) is 5.75 Å². The Morgan fingerprint density at radius 1 is 1.24 bits per heavy atom. The van der Waals surface area contributed by atoms with Crippen molar-refractivity contribution in [3.8, 4) is 5.75 Å². The first-order valence-electron chi connectivity index (χ1n) is 9.47. The Morgan fingerprint density at radius 3 is 2.64 bits per heavy atom. The van der Waals surface area contributed by atoms with Crippen LogP contribution in [0.2, 0.25) is 0 Å². The maximum atomic E-state index is 12.5. The number of nitrogens with zero attached hydrogens (tertiary/aromatic N) is 1. The summed E-state index contributed by atoms with van der Waals surface area (Å²) in [5.74, 6) is 1.45. The number of hydrogen-bond acceptors (Lipinski definition) is 4. The number of likely N-dealkylation sites (tertiary alicyclic amines) is 1. The van der Waals surface area contributed by atoms with Crippen LogP contribution in [0.25, 0.3) is 0 Å². The standard InChI is InChI=1S/C20H31N3O2/c1-23-12-4-5-15(13-22-20(24)17-6-3-7-18(17)21)19(23)14-8-10-16(25-2)11-9-14/h8-11,15,17-19H,3-7,12-13,21H2,1-2H3,(H,22,24). The summed E-state index contributed by atoms with van der Waals surface area (Å²) < 4.78 is 5.27. The molecule has 0 spiro atoms. The number of benzene rings is 1. The zero-order valence-corrected chi connectivity index (χ0v) is 15.4. The van der Waals surface area contributed by atoms with Gasteiger partial charge in [-0.3, -0.25) is 9.69 Å². The summed E-state index contributed by atoms with van der Waals surface area (Å²) in [5, 5.41) is 3.20. The molecule has 4 unspecified atom stereocenters. The van der Waals surface area contributed by atoms with Crippen molar-refractivity contribution in [1.82, 2.24) is 10.2 Å². The maximum absolute atomic E-state index is 12.5. The summed E-state index contributed by atoms with van der Waals surface area (Å²) in [4.78, 5) is 14.9. The van der Waals surface area contributed by atoms with Gasteiger partial charge in [-0.25, -0.2) is 0 Å². The third kappa shape index (κ3) is 4.15. The molecule has 0 bridgehead atoms. The average Bonchev–Trinajstić information content (AvgIpc) is 3.06. The fraction of sp³-hybridized carbons (Fsp3) is 0.650. The van der Waals surface area contributed by atoms with Crippen molar-refractivity contribution >= 4 is 5.91 Å². The molecular weight excluding hydrogens is 314 g/mol. The third-order valence-corrected chi connectivity index (χ3v) is 5.91. The Kier molecular flexibility index (Phi) is 5.97. The number of hydrogen-bond donors (Lipinski definition) is 2. The zero-order chi connectivity index (χ0) is 17.8. The Morgan fingerprint density at radius 2 is 2.00 bits per heavy atom. The molecular formula is C20H31N3O2. The lowest BCUT2D eigenvalue weighted by Gasteiger charge is -2.40. The van der Waals surface area contributed by atoms with Gasteiger partial charge < -0.3 is 15.8 Å². The van der Waals surface area contributed by atoms with E-state index in [4.69, 9.17) is 10.5 Å². The molecule has 1 amide bonds. The van der Waals surface area contributed by atoms with Gasteiger partial charge in [-0.1, -0.05) is 18.6 Å². The highest BCUT2D eigenvalue weighted by atomic mass is 16.5. The highest BCUT2D eigenvalue weighted by molar-refractivity contribution is 5.79. The second-order valence-corrected chi connectivity index (χ2v) is 7.55. The van der Waals surface area contributed by atoms with Crippen LogP contribution in [0, 0.1) is 11.8 Å². The van der Waals surface area contributed by atoms with E-state index < -0.39 is 0 Å². The van der Waals surface area contributed by atoms with E-state index in [0.717, 1.165) is 44.5 Å². The molecule has 3 rings (SSSR count). The second-order valence-electron chi connectivity index (χ2n) is 7.55. The maximum Gasteiger partial charge on any atom is 0.224 e. The first-order valence-corrected chi connectivity index (χ1v) is 9.47. The molecule has 2 fully saturated rings. The molecule has 25 heavy (non-hydrogen) atoms. The molecule has 1 aromatic carbocycles. The first kappa shape index (κ1) is 18.2. The molecule has 2 aliphatic rings. The molecule has 1 aromatic rings. The predicted molar refractivity (Wildman–Crippen MR) is 99.4 cm³/mol. The zero-order valence-electron chi connectivity index (χ0n) is 15.4. The fourth-order valence-corrected chi connectivity index (χ4v) is 4.48.